The van der Waals surface area contributed by atoms with Gasteiger partial charge in [0.2, 0.25) is 5.91 Å². The lowest BCUT2D eigenvalue weighted by Gasteiger charge is -2.19. The molecule has 35 heavy (non-hydrogen) atoms. The fraction of sp³-hybridized carbons (Fsp3) is 0.333. The molecule has 182 valence electrons. The summed E-state index contributed by atoms with van der Waals surface area (Å²) in [5.74, 6) is 1.95. The van der Waals surface area contributed by atoms with Crippen molar-refractivity contribution in [3.05, 3.63) is 95.8 Å². The van der Waals surface area contributed by atoms with Crippen molar-refractivity contribution < 1.29 is 9.53 Å². The number of imidazole rings is 1. The van der Waals surface area contributed by atoms with Crippen molar-refractivity contribution in [3.8, 4) is 5.75 Å². The second-order valence-corrected chi connectivity index (χ2v) is 9.91. The van der Waals surface area contributed by atoms with Gasteiger partial charge in [-0.2, -0.15) is 0 Å². The number of fused-ring (bicyclic) bond motifs is 1. The van der Waals surface area contributed by atoms with Crippen molar-refractivity contribution in [2.24, 2.45) is 0 Å². The van der Waals surface area contributed by atoms with Crippen LogP contribution in [0.1, 0.15) is 44.1 Å². The number of carbonyl (C=O) groups is 1. The summed E-state index contributed by atoms with van der Waals surface area (Å²) in [5, 5.41) is 3.03. The molecule has 5 nitrogen and oxygen atoms in total. The average molecular weight is 470 g/mol. The van der Waals surface area contributed by atoms with E-state index < -0.39 is 0 Å². The number of aromatic nitrogens is 2. The third kappa shape index (κ3) is 6.72. The van der Waals surface area contributed by atoms with Gasteiger partial charge in [0.1, 0.15) is 18.2 Å². The summed E-state index contributed by atoms with van der Waals surface area (Å²) in [6, 6.07) is 26.4. The van der Waals surface area contributed by atoms with Crippen LogP contribution in [0.25, 0.3) is 11.0 Å². The highest BCUT2D eigenvalue weighted by Gasteiger charge is 2.14. The third-order valence-corrected chi connectivity index (χ3v) is 6.14. The number of hydrogen-bond acceptors (Lipinski definition) is 3. The Bertz CT molecular complexity index is 1240. The van der Waals surface area contributed by atoms with Gasteiger partial charge in [-0.1, -0.05) is 75.4 Å². The molecule has 1 heterocycles. The maximum Gasteiger partial charge on any atom is 0.224 e. The number of para-hydroxylation sites is 2. The minimum Gasteiger partial charge on any atom is -0.492 e. The fourth-order valence-electron chi connectivity index (χ4n) is 4.19. The lowest BCUT2D eigenvalue weighted by molar-refractivity contribution is -0.120. The van der Waals surface area contributed by atoms with E-state index in [0.717, 1.165) is 47.6 Å². The van der Waals surface area contributed by atoms with Crippen LogP contribution in [-0.2, 0) is 29.6 Å². The number of amides is 1. The molecule has 0 aliphatic rings. The minimum absolute atomic E-state index is 0.0515. The van der Waals surface area contributed by atoms with Crippen LogP contribution in [0.4, 0.5) is 0 Å². The second-order valence-electron chi connectivity index (χ2n) is 9.91. The van der Waals surface area contributed by atoms with Gasteiger partial charge in [0.05, 0.1) is 24.0 Å². The molecule has 0 saturated heterocycles. The summed E-state index contributed by atoms with van der Waals surface area (Å²) in [7, 11) is 0. The Kier molecular flexibility index (Phi) is 7.86. The molecule has 0 bridgehead atoms. The van der Waals surface area contributed by atoms with Gasteiger partial charge in [0.15, 0.2) is 0 Å². The van der Waals surface area contributed by atoms with Crippen molar-refractivity contribution in [2.45, 2.75) is 52.0 Å². The highest BCUT2D eigenvalue weighted by molar-refractivity contribution is 5.78. The number of nitrogens with one attached hydrogen (secondary N) is 1. The highest BCUT2D eigenvalue weighted by Crippen LogP contribution is 2.24. The molecule has 1 aromatic heterocycles. The zero-order valence-corrected chi connectivity index (χ0v) is 21.0. The van der Waals surface area contributed by atoms with E-state index in [1.807, 2.05) is 60.7 Å². The summed E-state index contributed by atoms with van der Waals surface area (Å²) in [6.45, 7) is 8.55. The van der Waals surface area contributed by atoms with Gasteiger partial charge < -0.3 is 14.6 Å². The lowest BCUT2D eigenvalue weighted by Crippen LogP contribution is -2.26. The molecule has 0 saturated carbocycles. The molecule has 1 N–H and O–H groups in total. The molecule has 0 radical (unpaired) electrons. The van der Waals surface area contributed by atoms with E-state index in [4.69, 9.17) is 9.72 Å². The SMILES string of the molecule is CC(C)(C)c1ccc(OCCn2c(CCCNC(=O)Cc3ccccc3)nc3ccccc32)cc1. The van der Waals surface area contributed by atoms with Crippen molar-refractivity contribution in [3.63, 3.8) is 0 Å². The van der Waals surface area contributed by atoms with E-state index in [2.05, 4.69) is 48.9 Å². The molecular formula is C30H35N3O2. The van der Waals surface area contributed by atoms with Gasteiger partial charge in [0, 0.05) is 13.0 Å². The maximum absolute atomic E-state index is 12.2. The van der Waals surface area contributed by atoms with Gasteiger partial charge in [-0.25, -0.2) is 4.98 Å². The van der Waals surface area contributed by atoms with E-state index >= 15 is 0 Å². The average Bonchev–Trinajstić information content (AvgIpc) is 3.20. The zero-order valence-electron chi connectivity index (χ0n) is 21.0. The predicted octanol–water partition coefficient (Wildman–Crippen LogP) is 5.70. The zero-order chi connectivity index (χ0) is 24.7. The summed E-state index contributed by atoms with van der Waals surface area (Å²) < 4.78 is 8.30. The molecule has 0 atom stereocenters. The van der Waals surface area contributed by atoms with Crippen LogP contribution in [0.15, 0.2) is 78.9 Å². The molecule has 4 aromatic rings. The predicted molar refractivity (Wildman–Crippen MR) is 142 cm³/mol. The Morgan fingerprint density at radius 2 is 1.66 bits per heavy atom. The molecule has 5 heteroatoms. The highest BCUT2D eigenvalue weighted by atomic mass is 16.5. The van der Waals surface area contributed by atoms with Gasteiger partial charge in [-0.3, -0.25) is 4.79 Å². The van der Waals surface area contributed by atoms with Crippen molar-refractivity contribution in [2.75, 3.05) is 13.2 Å². The molecule has 0 fully saturated rings. The molecule has 3 aromatic carbocycles. The largest absolute Gasteiger partial charge is 0.492 e. The van der Waals surface area contributed by atoms with Crippen LogP contribution in [0.5, 0.6) is 5.75 Å². The molecule has 4 rings (SSSR count). The van der Waals surface area contributed by atoms with Gasteiger partial charge in [0.25, 0.3) is 0 Å². The Hall–Kier alpha value is -3.60. The number of ether oxygens (including phenoxy) is 1. The normalized spacial score (nSPS) is 11.5. The van der Waals surface area contributed by atoms with E-state index in [-0.39, 0.29) is 11.3 Å². The Morgan fingerprint density at radius 3 is 2.40 bits per heavy atom. The number of hydrogen-bond donors (Lipinski definition) is 1. The first-order chi connectivity index (χ1) is 16.9. The topological polar surface area (TPSA) is 56.1 Å². The van der Waals surface area contributed by atoms with Gasteiger partial charge >= 0.3 is 0 Å². The first kappa shape index (κ1) is 24.5. The fourth-order valence-corrected chi connectivity index (χ4v) is 4.19. The van der Waals surface area contributed by atoms with Crippen LogP contribution in [0, 0.1) is 0 Å². The second kappa shape index (κ2) is 11.2. The van der Waals surface area contributed by atoms with Gasteiger partial charge in [-0.15, -0.1) is 0 Å². The van der Waals surface area contributed by atoms with E-state index in [0.29, 0.717) is 19.6 Å². The van der Waals surface area contributed by atoms with E-state index in [9.17, 15) is 4.79 Å². The van der Waals surface area contributed by atoms with Crippen LogP contribution in [-0.4, -0.2) is 28.6 Å². The Labute approximate surface area is 208 Å². The molecule has 0 aliphatic carbocycles. The summed E-state index contributed by atoms with van der Waals surface area (Å²) in [4.78, 5) is 17.1. The molecular weight excluding hydrogens is 434 g/mol. The monoisotopic (exact) mass is 469 g/mol. The molecule has 0 spiro atoms. The van der Waals surface area contributed by atoms with Crippen LogP contribution in [0.2, 0.25) is 0 Å². The summed E-state index contributed by atoms with van der Waals surface area (Å²) in [6.07, 6.45) is 2.03. The quantitative estimate of drug-likeness (QED) is 0.303. The van der Waals surface area contributed by atoms with Crippen LogP contribution >= 0.6 is 0 Å². The summed E-state index contributed by atoms with van der Waals surface area (Å²) in [5.41, 5.74) is 4.56. The van der Waals surface area contributed by atoms with Crippen LogP contribution < -0.4 is 10.1 Å². The maximum atomic E-state index is 12.2. The third-order valence-electron chi connectivity index (χ3n) is 6.14. The number of carbonyl (C=O) groups excluding carboxylic acids is 1. The van der Waals surface area contributed by atoms with Gasteiger partial charge in [-0.05, 0) is 47.2 Å². The standard InChI is InChI=1S/C30H35N3O2/c1-30(2,3)24-15-17-25(18-16-24)35-21-20-33-27-13-8-7-12-26(27)32-28(33)14-9-19-31-29(34)22-23-10-5-4-6-11-23/h4-8,10-13,15-18H,9,14,19-22H2,1-3H3,(H,31,34). The Balaban J connectivity index is 1.32. The first-order valence-electron chi connectivity index (χ1n) is 12.4. The minimum atomic E-state index is 0.0515. The van der Waals surface area contributed by atoms with E-state index in [1.165, 1.54) is 5.56 Å². The summed E-state index contributed by atoms with van der Waals surface area (Å²) >= 11 is 0. The Morgan fingerprint density at radius 1 is 0.943 bits per heavy atom. The van der Waals surface area contributed by atoms with Crippen LogP contribution in [0.3, 0.4) is 0 Å². The number of aryl methyl sites for hydroxylation is 1. The lowest BCUT2D eigenvalue weighted by atomic mass is 9.87. The number of rotatable bonds is 10. The smallest absolute Gasteiger partial charge is 0.224 e. The first-order valence-corrected chi connectivity index (χ1v) is 12.4. The number of benzene rings is 3. The van der Waals surface area contributed by atoms with E-state index in [1.54, 1.807) is 0 Å². The van der Waals surface area contributed by atoms with Crippen molar-refractivity contribution >= 4 is 16.9 Å². The molecule has 1 amide bonds. The molecule has 0 unspecified atom stereocenters. The van der Waals surface area contributed by atoms with Crippen molar-refractivity contribution in [1.82, 2.24) is 14.9 Å². The molecule has 0 aliphatic heterocycles. The van der Waals surface area contributed by atoms with Crippen molar-refractivity contribution in [1.29, 1.82) is 0 Å². The number of nitrogens with zero attached hydrogens (tertiary/aromatic N) is 2.